The minimum Gasteiger partial charge on any atom is -0.479 e. The van der Waals surface area contributed by atoms with Crippen LogP contribution in [0.5, 0.6) is 5.75 Å². The molecule has 1 rings (SSSR count). The molecule has 0 bridgehead atoms. The van der Waals surface area contributed by atoms with Crippen molar-refractivity contribution in [1.82, 2.24) is 5.32 Å². The number of aliphatic carboxylic acids is 1. The van der Waals surface area contributed by atoms with Crippen LogP contribution in [0.25, 0.3) is 0 Å². The third-order valence-electron chi connectivity index (χ3n) is 3.06. The van der Waals surface area contributed by atoms with Gasteiger partial charge in [-0.1, -0.05) is 17.7 Å². The Kier molecular flexibility index (Phi) is 6.20. The van der Waals surface area contributed by atoms with Gasteiger partial charge in [-0.2, -0.15) is 0 Å². The average molecular weight is 330 g/mol. The molecule has 0 aliphatic rings. The van der Waals surface area contributed by atoms with Crippen molar-refractivity contribution < 1.29 is 24.2 Å². The molecule has 1 aromatic carbocycles. The van der Waals surface area contributed by atoms with Crippen LogP contribution in [0.15, 0.2) is 18.2 Å². The quantitative estimate of drug-likeness (QED) is 0.799. The van der Waals surface area contributed by atoms with Gasteiger partial charge in [-0.3, -0.25) is 4.79 Å². The van der Waals surface area contributed by atoms with Gasteiger partial charge in [-0.15, -0.1) is 0 Å². The van der Waals surface area contributed by atoms with Gasteiger partial charge in [0.05, 0.1) is 11.6 Å². The molecule has 0 spiro atoms. The SMILES string of the molecule is COCC(C)(NC(=O)C(C)Oc1cc(C)ccc1Cl)C(=O)O. The topological polar surface area (TPSA) is 84.9 Å². The highest BCUT2D eigenvalue weighted by Gasteiger charge is 2.36. The highest BCUT2D eigenvalue weighted by Crippen LogP contribution is 2.26. The number of rotatable bonds is 7. The molecule has 22 heavy (non-hydrogen) atoms. The van der Waals surface area contributed by atoms with Crippen molar-refractivity contribution in [3.8, 4) is 5.75 Å². The maximum atomic E-state index is 12.1. The van der Waals surface area contributed by atoms with E-state index < -0.39 is 23.5 Å². The second kappa shape index (κ2) is 7.47. The first kappa shape index (κ1) is 18.3. The molecule has 0 aliphatic carbocycles. The van der Waals surface area contributed by atoms with Crippen molar-refractivity contribution >= 4 is 23.5 Å². The molecular formula is C15H20ClNO5. The summed E-state index contributed by atoms with van der Waals surface area (Å²) in [6, 6.07) is 5.20. The van der Waals surface area contributed by atoms with Crippen molar-refractivity contribution in [2.75, 3.05) is 13.7 Å². The van der Waals surface area contributed by atoms with Crippen LogP contribution in [0.2, 0.25) is 5.02 Å². The number of carbonyl (C=O) groups is 2. The van der Waals surface area contributed by atoms with Gasteiger partial charge in [0.25, 0.3) is 5.91 Å². The number of amides is 1. The fourth-order valence-corrected chi connectivity index (χ4v) is 1.92. The van der Waals surface area contributed by atoms with Gasteiger partial charge in [-0.25, -0.2) is 4.79 Å². The number of nitrogens with one attached hydrogen (secondary N) is 1. The van der Waals surface area contributed by atoms with Crippen LogP contribution in [-0.4, -0.2) is 42.3 Å². The van der Waals surface area contributed by atoms with Gasteiger partial charge in [0.2, 0.25) is 0 Å². The molecule has 2 unspecified atom stereocenters. The molecule has 0 heterocycles. The molecule has 2 atom stereocenters. The Balaban J connectivity index is 2.80. The zero-order chi connectivity index (χ0) is 16.9. The Bertz CT molecular complexity index is 563. The smallest absolute Gasteiger partial charge is 0.331 e. The van der Waals surface area contributed by atoms with Crippen LogP contribution in [0.1, 0.15) is 19.4 Å². The zero-order valence-electron chi connectivity index (χ0n) is 13.0. The minimum atomic E-state index is -1.53. The molecule has 2 N–H and O–H groups in total. The Hall–Kier alpha value is -1.79. The number of ether oxygens (including phenoxy) is 2. The second-order valence-electron chi connectivity index (χ2n) is 5.25. The van der Waals surface area contributed by atoms with E-state index in [0.29, 0.717) is 10.8 Å². The van der Waals surface area contributed by atoms with E-state index in [9.17, 15) is 14.7 Å². The molecule has 0 radical (unpaired) electrons. The van der Waals surface area contributed by atoms with Crippen molar-refractivity contribution in [3.05, 3.63) is 28.8 Å². The number of halogens is 1. The first-order valence-electron chi connectivity index (χ1n) is 6.67. The highest BCUT2D eigenvalue weighted by atomic mass is 35.5. The number of carboxylic acid groups (broad SMARTS) is 1. The molecule has 0 saturated carbocycles. The maximum absolute atomic E-state index is 12.1. The first-order chi connectivity index (χ1) is 10.2. The summed E-state index contributed by atoms with van der Waals surface area (Å²) < 4.78 is 10.4. The maximum Gasteiger partial charge on any atom is 0.331 e. The van der Waals surface area contributed by atoms with Crippen LogP contribution in [0, 0.1) is 6.92 Å². The molecular weight excluding hydrogens is 310 g/mol. The van der Waals surface area contributed by atoms with Crippen molar-refractivity contribution in [2.24, 2.45) is 0 Å². The van der Waals surface area contributed by atoms with Gasteiger partial charge in [0.1, 0.15) is 5.75 Å². The van der Waals surface area contributed by atoms with Crippen LogP contribution < -0.4 is 10.1 Å². The van der Waals surface area contributed by atoms with E-state index in [-0.39, 0.29) is 6.61 Å². The van der Waals surface area contributed by atoms with Gasteiger partial charge >= 0.3 is 5.97 Å². The monoisotopic (exact) mass is 329 g/mol. The molecule has 0 aromatic heterocycles. The van der Waals surface area contributed by atoms with E-state index in [2.05, 4.69) is 5.32 Å². The number of hydrogen-bond donors (Lipinski definition) is 2. The Morgan fingerprint density at radius 3 is 2.64 bits per heavy atom. The van der Waals surface area contributed by atoms with Crippen LogP contribution in [-0.2, 0) is 14.3 Å². The summed E-state index contributed by atoms with van der Waals surface area (Å²) in [6.07, 6.45) is -0.908. The summed E-state index contributed by atoms with van der Waals surface area (Å²) in [6.45, 7) is 4.59. The predicted molar refractivity (Wildman–Crippen MR) is 82.3 cm³/mol. The molecule has 0 fully saturated rings. The van der Waals surface area contributed by atoms with Crippen molar-refractivity contribution in [3.63, 3.8) is 0 Å². The van der Waals surface area contributed by atoms with Crippen LogP contribution in [0.4, 0.5) is 0 Å². The number of carbonyl (C=O) groups excluding carboxylic acids is 1. The third kappa shape index (κ3) is 4.61. The lowest BCUT2D eigenvalue weighted by molar-refractivity contribution is -0.150. The molecule has 6 nitrogen and oxygen atoms in total. The second-order valence-corrected chi connectivity index (χ2v) is 5.66. The number of hydrogen-bond acceptors (Lipinski definition) is 4. The predicted octanol–water partition coefficient (Wildman–Crippen LogP) is 2.02. The Morgan fingerprint density at radius 1 is 1.45 bits per heavy atom. The van der Waals surface area contributed by atoms with E-state index >= 15 is 0 Å². The molecule has 7 heteroatoms. The fraction of sp³-hybridized carbons (Fsp3) is 0.467. The van der Waals surface area contributed by atoms with Gasteiger partial charge in [-0.05, 0) is 38.5 Å². The summed E-state index contributed by atoms with van der Waals surface area (Å²) in [7, 11) is 1.36. The molecule has 0 saturated heterocycles. The lowest BCUT2D eigenvalue weighted by atomic mass is 10.0. The van der Waals surface area contributed by atoms with Crippen LogP contribution >= 0.6 is 11.6 Å². The van der Waals surface area contributed by atoms with Crippen LogP contribution in [0.3, 0.4) is 0 Å². The number of benzene rings is 1. The van der Waals surface area contributed by atoms with Gasteiger partial charge in [0.15, 0.2) is 11.6 Å². The van der Waals surface area contributed by atoms with Crippen molar-refractivity contribution in [2.45, 2.75) is 32.4 Å². The Labute approximate surface area is 134 Å². The lowest BCUT2D eigenvalue weighted by Gasteiger charge is -2.27. The molecule has 122 valence electrons. The first-order valence-corrected chi connectivity index (χ1v) is 7.04. The third-order valence-corrected chi connectivity index (χ3v) is 3.38. The summed E-state index contributed by atoms with van der Waals surface area (Å²) in [4.78, 5) is 23.4. The van der Waals surface area contributed by atoms with Crippen molar-refractivity contribution in [1.29, 1.82) is 0 Å². The molecule has 0 aliphatic heterocycles. The number of aryl methyl sites for hydroxylation is 1. The zero-order valence-corrected chi connectivity index (χ0v) is 13.7. The number of methoxy groups -OCH3 is 1. The summed E-state index contributed by atoms with van der Waals surface area (Å²) in [5.74, 6) is -1.39. The summed E-state index contributed by atoms with van der Waals surface area (Å²) >= 11 is 6.01. The van der Waals surface area contributed by atoms with E-state index in [1.54, 1.807) is 12.1 Å². The minimum absolute atomic E-state index is 0.161. The number of carboxylic acids is 1. The van der Waals surface area contributed by atoms with E-state index in [0.717, 1.165) is 5.56 Å². The van der Waals surface area contributed by atoms with E-state index in [1.807, 2.05) is 13.0 Å². The summed E-state index contributed by atoms with van der Waals surface area (Å²) in [5.41, 5.74) is -0.596. The van der Waals surface area contributed by atoms with Gasteiger partial charge < -0.3 is 19.9 Å². The average Bonchev–Trinajstić information content (AvgIpc) is 2.42. The summed E-state index contributed by atoms with van der Waals surface area (Å²) in [5, 5.41) is 12.0. The molecule has 1 aromatic rings. The Morgan fingerprint density at radius 2 is 2.09 bits per heavy atom. The standard InChI is InChI=1S/C15H20ClNO5/c1-9-5-6-11(16)12(7-9)22-10(2)13(18)17-15(3,8-21-4)14(19)20/h5-7,10H,8H2,1-4H3,(H,17,18)(H,19,20). The highest BCUT2D eigenvalue weighted by molar-refractivity contribution is 6.32. The normalized spacial score (nSPS) is 14.8. The van der Waals surface area contributed by atoms with E-state index in [1.165, 1.54) is 21.0 Å². The van der Waals surface area contributed by atoms with Gasteiger partial charge in [0, 0.05) is 7.11 Å². The fourth-order valence-electron chi connectivity index (χ4n) is 1.76. The lowest BCUT2D eigenvalue weighted by Crippen LogP contribution is -2.57. The van der Waals surface area contributed by atoms with E-state index in [4.69, 9.17) is 21.1 Å². The largest absolute Gasteiger partial charge is 0.479 e. The molecule has 1 amide bonds.